The Morgan fingerprint density at radius 3 is 2.41 bits per heavy atom. The van der Waals surface area contributed by atoms with E-state index in [2.05, 4.69) is 49.0 Å². The number of hydrogen-bond donors (Lipinski definition) is 3. The quantitative estimate of drug-likeness (QED) is 0.661. The average Bonchev–Trinajstić information content (AvgIpc) is 2.30. The molecule has 0 aliphatic heterocycles. The van der Waals surface area contributed by atoms with Gasteiger partial charge < -0.3 is 15.5 Å². The van der Waals surface area contributed by atoms with Crippen LogP contribution in [0.3, 0.4) is 0 Å². The van der Waals surface area contributed by atoms with Gasteiger partial charge >= 0.3 is 0 Å². The Morgan fingerprint density at radius 1 is 1.24 bits per heavy atom. The van der Waals surface area contributed by atoms with Crippen LogP contribution in [-0.4, -0.2) is 32.3 Å². The third-order valence-corrected chi connectivity index (χ3v) is 2.99. The fraction of sp³-hybridized carbons (Fsp3) is 0.462. The highest BCUT2D eigenvalue weighted by molar-refractivity contribution is 7.80. The first kappa shape index (κ1) is 13.9. The summed E-state index contributed by atoms with van der Waals surface area (Å²) in [7, 11) is 4.32. The van der Waals surface area contributed by atoms with Crippen molar-refractivity contribution in [2.45, 2.75) is 13.0 Å². The minimum absolute atomic E-state index is 0.410. The van der Waals surface area contributed by atoms with Crippen molar-refractivity contribution in [1.29, 1.82) is 0 Å². The molecule has 94 valence electrons. The Labute approximate surface area is 109 Å². The summed E-state index contributed by atoms with van der Waals surface area (Å²) in [6.45, 7) is 3.74. The molecular formula is C13H22N3S+. The Morgan fingerprint density at radius 2 is 1.88 bits per heavy atom. The van der Waals surface area contributed by atoms with Crippen molar-refractivity contribution in [3.8, 4) is 0 Å². The lowest BCUT2D eigenvalue weighted by atomic mass is 10.1. The summed E-state index contributed by atoms with van der Waals surface area (Å²) in [5.41, 5.74) is 1.33. The third kappa shape index (κ3) is 4.71. The fourth-order valence-corrected chi connectivity index (χ4v) is 1.99. The molecular weight excluding hydrogens is 230 g/mol. The molecule has 1 aromatic rings. The summed E-state index contributed by atoms with van der Waals surface area (Å²) in [5, 5.41) is 7.10. The topological polar surface area (TPSA) is 28.5 Å². The Kier molecular flexibility index (Phi) is 5.94. The van der Waals surface area contributed by atoms with Crippen LogP contribution < -0.4 is 15.5 Å². The minimum Gasteiger partial charge on any atom is -0.363 e. The molecule has 0 amide bonds. The zero-order chi connectivity index (χ0) is 12.7. The molecule has 0 saturated carbocycles. The van der Waals surface area contributed by atoms with E-state index in [1.54, 1.807) is 0 Å². The van der Waals surface area contributed by atoms with Crippen LogP contribution in [0.2, 0.25) is 0 Å². The van der Waals surface area contributed by atoms with Crippen molar-refractivity contribution >= 4 is 17.3 Å². The molecule has 0 unspecified atom stereocenters. The molecule has 0 bridgehead atoms. The summed E-state index contributed by atoms with van der Waals surface area (Å²) in [6.07, 6.45) is 0. The third-order valence-electron chi connectivity index (χ3n) is 2.70. The predicted molar refractivity (Wildman–Crippen MR) is 76.3 cm³/mol. The van der Waals surface area contributed by atoms with Crippen molar-refractivity contribution in [3.63, 3.8) is 0 Å². The van der Waals surface area contributed by atoms with Gasteiger partial charge in [-0.15, -0.1) is 0 Å². The van der Waals surface area contributed by atoms with E-state index in [1.165, 1.54) is 10.5 Å². The lowest BCUT2D eigenvalue weighted by Gasteiger charge is -2.22. The van der Waals surface area contributed by atoms with Crippen LogP contribution in [0.15, 0.2) is 30.3 Å². The summed E-state index contributed by atoms with van der Waals surface area (Å²) >= 11 is 5.18. The zero-order valence-corrected chi connectivity index (χ0v) is 11.6. The average molecular weight is 252 g/mol. The highest BCUT2D eigenvalue weighted by Gasteiger charge is 2.17. The van der Waals surface area contributed by atoms with Crippen LogP contribution in [0.1, 0.15) is 18.5 Å². The van der Waals surface area contributed by atoms with Gasteiger partial charge in [0, 0.05) is 12.1 Å². The molecule has 1 rings (SSSR count). The minimum atomic E-state index is 0.410. The maximum Gasteiger partial charge on any atom is 0.166 e. The van der Waals surface area contributed by atoms with E-state index >= 15 is 0 Å². The second-order valence-corrected chi connectivity index (χ2v) is 4.69. The number of likely N-dealkylation sites (N-methyl/N-ethyl adjacent to an activating group) is 1. The lowest BCUT2D eigenvalue weighted by Crippen LogP contribution is -3.07. The Hall–Kier alpha value is -1.13. The summed E-state index contributed by atoms with van der Waals surface area (Å²) in [5.74, 6) is 0. The van der Waals surface area contributed by atoms with E-state index in [4.69, 9.17) is 12.2 Å². The van der Waals surface area contributed by atoms with Crippen LogP contribution in [0, 0.1) is 0 Å². The number of quaternary nitrogens is 1. The summed E-state index contributed by atoms with van der Waals surface area (Å²) < 4.78 is 0. The molecule has 0 aliphatic rings. The van der Waals surface area contributed by atoms with Gasteiger partial charge in [-0.3, -0.25) is 0 Å². The van der Waals surface area contributed by atoms with E-state index in [-0.39, 0.29) is 0 Å². The Bertz CT molecular complexity index is 338. The van der Waals surface area contributed by atoms with Gasteiger partial charge in [-0.05, 0) is 19.1 Å². The zero-order valence-electron chi connectivity index (χ0n) is 10.8. The molecule has 1 atom stereocenters. The van der Waals surface area contributed by atoms with Crippen molar-refractivity contribution in [2.24, 2.45) is 0 Å². The van der Waals surface area contributed by atoms with Gasteiger partial charge in [-0.1, -0.05) is 30.3 Å². The molecule has 0 spiro atoms. The molecule has 0 saturated heterocycles. The first-order chi connectivity index (χ1) is 8.15. The molecule has 0 fully saturated rings. The molecule has 0 radical (unpaired) electrons. The number of rotatable bonds is 5. The number of thiocarbonyl (C=S) groups is 1. The van der Waals surface area contributed by atoms with Crippen molar-refractivity contribution in [3.05, 3.63) is 35.9 Å². The van der Waals surface area contributed by atoms with Crippen LogP contribution in [-0.2, 0) is 0 Å². The molecule has 0 heterocycles. The molecule has 17 heavy (non-hydrogen) atoms. The summed E-state index contributed by atoms with van der Waals surface area (Å²) in [4.78, 5) is 1.39. The van der Waals surface area contributed by atoms with Crippen molar-refractivity contribution in [1.82, 2.24) is 10.6 Å². The molecule has 4 heteroatoms. The smallest absolute Gasteiger partial charge is 0.166 e. The van der Waals surface area contributed by atoms with Gasteiger partial charge in [0.1, 0.15) is 6.04 Å². The maximum atomic E-state index is 5.18. The van der Waals surface area contributed by atoms with E-state index in [1.807, 2.05) is 13.0 Å². The molecule has 1 aromatic carbocycles. The largest absolute Gasteiger partial charge is 0.363 e. The lowest BCUT2D eigenvalue weighted by molar-refractivity contribution is -0.890. The number of nitrogens with one attached hydrogen (secondary N) is 3. The highest BCUT2D eigenvalue weighted by Crippen LogP contribution is 2.07. The van der Waals surface area contributed by atoms with Crippen molar-refractivity contribution in [2.75, 3.05) is 27.2 Å². The van der Waals surface area contributed by atoms with Gasteiger partial charge in [0.25, 0.3) is 0 Å². The monoisotopic (exact) mass is 252 g/mol. The van der Waals surface area contributed by atoms with E-state index in [0.717, 1.165) is 18.2 Å². The van der Waals surface area contributed by atoms with E-state index in [9.17, 15) is 0 Å². The Balaban J connectivity index is 2.59. The highest BCUT2D eigenvalue weighted by atomic mass is 32.1. The molecule has 0 aliphatic carbocycles. The number of benzene rings is 1. The first-order valence-corrected chi connectivity index (χ1v) is 6.42. The fourth-order valence-electron chi connectivity index (χ4n) is 1.76. The molecule has 0 aromatic heterocycles. The van der Waals surface area contributed by atoms with Crippen molar-refractivity contribution < 1.29 is 4.90 Å². The number of hydrogen-bond acceptors (Lipinski definition) is 1. The van der Waals surface area contributed by atoms with Gasteiger partial charge in [-0.2, -0.15) is 0 Å². The van der Waals surface area contributed by atoms with Gasteiger partial charge in [0.15, 0.2) is 5.11 Å². The normalized spacial score (nSPS) is 12.2. The van der Waals surface area contributed by atoms with Crippen LogP contribution in [0.5, 0.6) is 0 Å². The predicted octanol–water partition coefficient (Wildman–Crippen LogP) is 0.356. The maximum absolute atomic E-state index is 5.18. The van der Waals surface area contributed by atoms with E-state index < -0.39 is 0 Å². The summed E-state index contributed by atoms with van der Waals surface area (Å²) in [6, 6.07) is 10.9. The van der Waals surface area contributed by atoms with Gasteiger partial charge in [0.05, 0.1) is 20.6 Å². The van der Waals surface area contributed by atoms with Crippen LogP contribution in [0.4, 0.5) is 0 Å². The van der Waals surface area contributed by atoms with Gasteiger partial charge in [-0.25, -0.2) is 0 Å². The van der Waals surface area contributed by atoms with Crippen LogP contribution >= 0.6 is 12.2 Å². The second-order valence-electron chi connectivity index (χ2n) is 4.28. The molecule has 3 N–H and O–H groups in total. The standard InChI is InChI=1S/C13H21N3S/c1-4-14-13(17)15-10-12(16(2)3)11-8-6-5-7-9-11/h5-9,12H,4,10H2,1-3H3,(H2,14,15,17)/p+1/t12-/m0/s1. The molecule has 3 nitrogen and oxygen atoms in total. The van der Waals surface area contributed by atoms with Gasteiger partial charge in [0.2, 0.25) is 0 Å². The SMILES string of the molecule is CCNC(=S)NC[C@@H](c1ccccc1)[NH+](C)C. The van der Waals surface area contributed by atoms with E-state index in [0.29, 0.717) is 6.04 Å². The van der Waals surface area contributed by atoms with Crippen LogP contribution in [0.25, 0.3) is 0 Å². The first-order valence-electron chi connectivity index (χ1n) is 6.01. The second kappa shape index (κ2) is 7.25.